The Morgan fingerprint density at radius 2 is 2.16 bits per heavy atom. The van der Waals surface area contributed by atoms with Crippen LogP contribution in [0.2, 0.25) is 0 Å². The molecule has 0 spiro atoms. The molecule has 1 saturated heterocycles. The molecule has 1 unspecified atom stereocenters. The number of aromatic nitrogens is 1. The number of benzene rings is 2. The van der Waals surface area contributed by atoms with Crippen LogP contribution < -0.4 is 9.64 Å². The van der Waals surface area contributed by atoms with Crippen molar-refractivity contribution in [3.05, 3.63) is 53.6 Å². The maximum absolute atomic E-state index is 13.6. The summed E-state index contributed by atoms with van der Waals surface area (Å²) in [5, 5.41) is 0.718. The number of unbranched alkanes of at least 4 members (excludes halogenated alkanes) is 2. The maximum Gasteiger partial charge on any atom is 0.260 e. The summed E-state index contributed by atoms with van der Waals surface area (Å²) in [4.78, 5) is 20.1. The molecule has 5 nitrogen and oxygen atoms in total. The first-order valence-electron chi connectivity index (χ1n) is 11.2. The van der Waals surface area contributed by atoms with Crippen molar-refractivity contribution >= 4 is 32.6 Å². The highest BCUT2D eigenvalue weighted by Crippen LogP contribution is 2.32. The van der Waals surface area contributed by atoms with Crippen LogP contribution in [0.3, 0.4) is 0 Å². The monoisotopic (exact) mass is 438 g/mol. The van der Waals surface area contributed by atoms with E-state index in [1.807, 2.05) is 30.3 Å². The lowest BCUT2D eigenvalue weighted by Crippen LogP contribution is -2.37. The molecule has 0 bridgehead atoms. The number of nitrogens with zero attached hydrogens (tertiary/aromatic N) is 2. The van der Waals surface area contributed by atoms with Crippen LogP contribution in [0.15, 0.2) is 42.5 Å². The predicted molar refractivity (Wildman–Crippen MR) is 126 cm³/mol. The third-order valence-corrected chi connectivity index (χ3v) is 6.56. The van der Waals surface area contributed by atoms with Crippen molar-refractivity contribution in [2.45, 2.75) is 52.1 Å². The molecule has 0 N–H and O–H groups in total. The Morgan fingerprint density at radius 3 is 2.97 bits per heavy atom. The van der Waals surface area contributed by atoms with Gasteiger partial charge in [0.05, 0.1) is 29.5 Å². The second-order valence-electron chi connectivity index (χ2n) is 8.10. The van der Waals surface area contributed by atoms with Crippen LogP contribution in [0.5, 0.6) is 5.75 Å². The van der Waals surface area contributed by atoms with Crippen LogP contribution in [0.4, 0.5) is 5.13 Å². The summed E-state index contributed by atoms with van der Waals surface area (Å²) in [6.07, 6.45) is 5.37. The van der Waals surface area contributed by atoms with Gasteiger partial charge in [0, 0.05) is 12.2 Å². The number of hydrogen-bond donors (Lipinski definition) is 0. The molecule has 31 heavy (non-hydrogen) atoms. The van der Waals surface area contributed by atoms with Crippen LogP contribution in [0.25, 0.3) is 10.2 Å². The molecule has 1 atom stereocenters. The van der Waals surface area contributed by atoms with Gasteiger partial charge in [0.1, 0.15) is 5.75 Å². The van der Waals surface area contributed by atoms with Crippen molar-refractivity contribution in [2.24, 2.45) is 0 Å². The normalized spacial score (nSPS) is 16.0. The van der Waals surface area contributed by atoms with Gasteiger partial charge >= 0.3 is 0 Å². The number of hydrogen-bond acceptors (Lipinski definition) is 5. The summed E-state index contributed by atoms with van der Waals surface area (Å²) in [5.74, 6) is 0.671. The second-order valence-corrected chi connectivity index (χ2v) is 9.11. The van der Waals surface area contributed by atoms with E-state index in [0.29, 0.717) is 18.7 Å². The van der Waals surface area contributed by atoms with E-state index in [4.69, 9.17) is 14.5 Å². The van der Waals surface area contributed by atoms with E-state index in [1.165, 1.54) is 5.56 Å². The number of carbonyl (C=O) groups is 1. The third-order valence-electron chi connectivity index (χ3n) is 5.52. The molecule has 1 fully saturated rings. The number of amides is 1. The van der Waals surface area contributed by atoms with E-state index in [-0.39, 0.29) is 12.0 Å². The van der Waals surface area contributed by atoms with Gasteiger partial charge in [-0.1, -0.05) is 43.2 Å². The van der Waals surface area contributed by atoms with E-state index in [0.717, 1.165) is 59.8 Å². The molecule has 2 heterocycles. The van der Waals surface area contributed by atoms with Crippen molar-refractivity contribution in [2.75, 3.05) is 24.7 Å². The molecular formula is C25H30N2O3S. The van der Waals surface area contributed by atoms with Crippen LogP contribution in [-0.2, 0) is 4.74 Å². The summed E-state index contributed by atoms with van der Waals surface area (Å²) in [7, 11) is 0. The number of anilines is 1. The fourth-order valence-electron chi connectivity index (χ4n) is 3.79. The molecule has 1 aliphatic rings. The number of ether oxygens (including phenoxy) is 2. The van der Waals surface area contributed by atoms with Crippen LogP contribution in [0.1, 0.15) is 54.9 Å². The molecule has 1 aliphatic heterocycles. The quantitative estimate of drug-likeness (QED) is 0.385. The lowest BCUT2D eigenvalue weighted by Gasteiger charge is -2.23. The smallest absolute Gasteiger partial charge is 0.260 e. The minimum absolute atomic E-state index is 0.0474. The summed E-state index contributed by atoms with van der Waals surface area (Å²) in [6.45, 7) is 6.18. The average molecular weight is 439 g/mol. The van der Waals surface area contributed by atoms with Gasteiger partial charge in [0.2, 0.25) is 0 Å². The van der Waals surface area contributed by atoms with Gasteiger partial charge in [0.25, 0.3) is 5.91 Å². The molecule has 1 amide bonds. The molecule has 2 aromatic carbocycles. The Hall–Kier alpha value is -2.44. The highest BCUT2D eigenvalue weighted by Gasteiger charge is 2.27. The van der Waals surface area contributed by atoms with Crippen molar-refractivity contribution in [3.63, 3.8) is 0 Å². The first kappa shape index (κ1) is 21.8. The largest absolute Gasteiger partial charge is 0.494 e. The fourth-order valence-corrected chi connectivity index (χ4v) is 4.86. The Balaban J connectivity index is 1.59. The summed E-state index contributed by atoms with van der Waals surface area (Å²) in [5.41, 5.74) is 2.72. The first-order chi connectivity index (χ1) is 15.1. The number of thiazole rings is 1. The number of fused-ring (bicyclic) bond motifs is 1. The zero-order chi connectivity index (χ0) is 21.6. The van der Waals surface area contributed by atoms with E-state index in [1.54, 1.807) is 16.2 Å². The lowest BCUT2D eigenvalue weighted by molar-refractivity contribution is 0.0917. The number of rotatable bonds is 9. The zero-order valence-corrected chi connectivity index (χ0v) is 19.1. The van der Waals surface area contributed by atoms with Gasteiger partial charge < -0.3 is 9.47 Å². The topological polar surface area (TPSA) is 51.7 Å². The average Bonchev–Trinajstić information content (AvgIpc) is 3.44. The van der Waals surface area contributed by atoms with Gasteiger partial charge in [-0.2, -0.15) is 0 Å². The lowest BCUT2D eigenvalue weighted by atomic mass is 10.1. The zero-order valence-electron chi connectivity index (χ0n) is 18.3. The first-order valence-corrected chi connectivity index (χ1v) is 12.0. The molecule has 4 rings (SSSR count). The van der Waals surface area contributed by atoms with Gasteiger partial charge in [-0.25, -0.2) is 4.98 Å². The van der Waals surface area contributed by atoms with Gasteiger partial charge in [0.15, 0.2) is 5.13 Å². The number of carbonyl (C=O) groups excluding carboxylic acids is 1. The Labute approximate surface area is 188 Å². The van der Waals surface area contributed by atoms with Crippen LogP contribution in [0, 0.1) is 6.92 Å². The van der Waals surface area contributed by atoms with E-state index >= 15 is 0 Å². The Morgan fingerprint density at radius 1 is 1.26 bits per heavy atom. The fraction of sp³-hybridized carbons (Fsp3) is 0.440. The van der Waals surface area contributed by atoms with E-state index in [2.05, 4.69) is 26.0 Å². The molecule has 0 aliphatic carbocycles. The van der Waals surface area contributed by atoms with Gasteiger partial charge in [-0.15, -0.1) is 0 Å². The van der Waals surface area contributed by atoms with Crippen molar-refractivity contribution in [3.8, 4) is 5.75 Å². The molecule has 1 aromatic heterocycles. The van der Waals surface area contributed by atoms with Crippen LogP contribution >= 0.6 is 11.3 Å². The van der Waals surface area contributed by atoms with Gasteiger partial charge in [-0.05, 0) is 62.1 Å². The Kier molecular flexibility index (Phi) is 7.20. The summed E-state index contributed by atoms with van der Waals surface area (Å²) in [6, 6.07) is 13.7. The minimum atomic E-state index is -0.0645. The molecule has 164 valence electrons. The van der Waals surface area contributed by atoms with Crippen molar-refractivity contribution in [1.82, 2.24) is 4.98 Å². The molecule has 0 radical (unpaired) electrons. The standard InChI is InChI=1S/C25H30N2O3S/c1-3-4-5-13-29-20-9-6-8-19(16-20)24(28)27(17-21-10-7-14-30-21)25-26-22-12-11-18(2)15-23(22)31-25/h6,8-9,11-12,15-16,21H,3-5,7,10,13-14,17H2,1-2H3. The molecule has 3 aromatic rings. The summed E-state index contributed by atoms with van der Waals surface area (Å²) < 4.78 is 12.8. The maximum atomic E-state index is 13.6. The second kappa shape index (κ2) is 10.2. The highest BCUT2D eigenvalue weighted by atomic mass is 32.1. The van der Waals surface area contributed by atoms with E-state index < -0.39 is 0 Å². The minimum Gasteiger partial charge on any atom is -0.494 e. The third kappa shape index (κ3) is 5.43. The predicted octanol–water partition coefficient (Wildman–Crippen LogP) is 6.00. The Bertz CT molecular complexity index is 1030. The number of aryl methyl sites for hydroxylation is 1. The molecule has 6 heteroatoms. The highest BCUT2D eigenvalue weighted by molar-refractivity contribution is 7.22. The molecular weight excluding hydrogens is 408 g/mol. The SMILES string of the molecule is CCCCCOc1cccc(C(=O)N(CC2CCCO2)c2nc3ccc(C)cc3s2)c1. The summed E-state index contributed by atoms with van der Waals surface area (Å²) >= 11 is 1.56. The molecule has 0 saturated carbocycles. The van der Waals surface area contributed by atoms with E-state index in [9.17, 15) is 4.79 Å². The van der Waals surface area contributed by atoms with Crippen molar-refractivity contribution < 1.29 is 14.3 Å². The van der Waals surface area contributed by atoms with Crippen molar-refractivity contribution in [1.29, 1.82) is 0 Å². The van der Waals surface area contributed by atoms with Crippen LogP contribution in [-0.4, -0.2) is 36.8 Å². The van der Waals surface area contributed by atoms with Gasteiger partial charge in [-0.3, -0.25) is 9.69 Å².